The summed E-state index contributed by atoms with van der Waals surface area (Å²) in [6.45, 7) is 6.13. The van der Waals surface area contributed by atoms with Crippen molar-refractivity contribution in [2.75, 3.05) is 0 Å². The van der Waals surface area contributed by atoms with Crippen molar-refractivity contribution < 1.29 is 24.5 Å². The number of carbonyl (C=O) groups excluding carboxylic acids is 1. The number of esters is 1. The molecule has 0 aromatic heterocycles. The maximum absolute atomic E-state index is 13.1. The minimum atomic E-state index is -0.924. The maximum Gasteiger partial charge on any atom is 0.338 e. The third-order valence-corrected chi connectivity index (χ3v) is 10.5. The number of carbonyl (C=O) groups is 2. The first-order valence-corrected chi connectivity index (χ1v) is 12.3. The zero-order valence-electron chi connectivity index (χ0n) is 19.5. The van der Waals surface area contributed by atoms with Crippen LogP contribution in [0.3, 0.4) is 0 Å². The SMILES string of the molecule is C[C@@]1(C(=O)O)CCC[C@@]2(C)C1[C@H](OC(=O)c1ccccc1)C[C@H]1CC3CC12CC[C@@]3(C)O. The highest BCUT2D eigenvalue weighted by molar-refractivity contribution is 5.89. The van der Waals surface area contributed by atoms with Crippen molar-refractivity contribution in [3.05, 3.63) is 35.9 Å². The van der Waals surface area contributed by atoms with E-state index in [4.69, 9.17) is 4.74 Å². The van der Waals surface area contributed by atoms with Crippen LogP contribution in [0.5, 0.6) is 0 Å². The standard InChI is InChI=1S/C27H36O5/c1-24(23(29)30)10-7-11-25(2)21(24)20(32-22(28)17-8-5-4-6-9-17)15-18-14-19-16-27(18,25)13-12-26(19,3)31/h4-6,8-9,18-21,31H,7,10-16H2,1-3H3,(H,29,30)/t18-,19?,20-,21?,24-,25+,26-,27?/m1/s1. The van der Waals surface area contributed by atoms with Crippen molar-refractivity contribution in [3.8, 4) is 0 Å². The Morgan fingerprint density at radius 2 is 1.69 bits per heavy atom. The molecule has 32 heavy (non-hydrogen) atoms. The molecule has 4 aliphatic rings. The van der Waals surface area contributed by atoms with Gasteiger partial charge in [0.05, 0.1) is 16.6 Å². The molecule has 1 aromatic carbocycles. The molecule has 0 radical (unpaired) electrons. The Morgan fingerprint density at radius 1 is 0.969 bits per heavy atom. The minimum absolute atomic E-state index is 0.0252. The summed E-state index contributed by atoms with van der Waals surface area (Å²) in [5, 5.41) is 21.4. The summed E-state index contributed by atoms with van der Waals surface area (Å²) < 4.78 is 6.20. The molecule has 8 atom stereocenters. The van der Waals surface area contributed by atoms with Crippen LogP contribution in [0.4, 0.5) is 0 Å². The van der Waals surface area contributed by atoms with Gasteiger partial charge in [-0.15, -0.1) is 0 Å². The lowest BCUT2D eigenvalue weighted by atomic mass is 9.38. The van der Waals surface area contributed by atoms with Gasteiger partial charge in [-0.25, -0.2) is 4.79 Å². The molecule has 0 heterocycles. The third-order valence-electron chi connectivity index (χ3n) is 10.5. The highest BCUT2D eigenvalue weighted by atomic mass is 16.5. The molecule has 5 nitrogen and oxygen atoms in total. The van der Waals surface area contributed by atoms with Crippen LogP contribution in [0.1, 0.15) is 82.5 Å². The highest BCUT2D eigenvalue weighted by Crippen LogP contribution is 2.75. The van der Waals surface area contributed by atoms with E-state index >= 15 is 0 Å². The molecule has 0 aliphatic heterocycles. The van der Waals surface area contributed by atoms with E-state index in [1.165, 1.54) is 0 Å². The number of hydrogen-bond acceptors (Lipinski definition) is 4. The van der Waals surface area contributed by atoms with Gasteiger partial charge in [0.2, 0.25) is 0 Å². The van der Waals surface area contributed by atoms with E-state index in [1.54, 1.807) is 12.1 Å². The fraction of sp³-hybridized carbons (Fsp3) is 0.704. The van der Waals surface area contributed by atoms with Crippen molar-refractivity contribution in [3.63, 3.8) is 0 Å². The monoisotopic (exact) mass is 440 g/mol. The fourth-order valence-electron chi connectivity index (χ4n) is 8.79. The van der Waals surface area contributed by atoms with Gasteiger partial charge in [-0.2, -0.15) is 0 Å². The molecule has 5 heteroatoms. The van der Waals surface area contributed by atoms with Crippen LogP contribution < -0.4 is 0 Å². The van der Waals surface area contributed by atoms with Crippen LogP contribution in [0.25, 0.3) is 0 Å². The molecule has 0 saturated heterocycles. The Hall–Kier alpha value is -1.88. The zero-order chi connectivity index (χ0) is 22.9. The van der Waals surface area contributed by atoms with E-state index in [1.807, 2.05) is 32.0 Å². The van der Waals surface area contributed by atoms with Gasteiger partial charge in [-0.1, -0.05) is 31.5 Å². The van der Waals surface area contributed by atoms with Crippen LogP contribution in [0, 0.1) is 34.0 Å². The van der Waals surface area contributed by atoms with Gasteiger partial charge in [0.25, 0.3) is 0 Å². The predicted octanol–water partition coefficient (Wildman–Crippen LogP) is 5.07. The van der Waals surface area contributed by atoms with Crippen molar-refractivity contribution in [2.24, 2.45) is 34.0 Å². The average Bonchev–Trinajstić information content (AvgIpc) is 3.09. The molecular weight excluding hydrogens is 404 g/mol. The Labute approximate surface area is 190 Å². The Morgan fingerprint density at radius 3 is 2.38 bits per heavy atom. The van der Waals surface area contributed by atoms with Gasteiger partial charge in [-0.3, -0.25) is 4.79 Å². The lowest BCUT2D eigenvalue weighted by Gasteiger charge is -2.66. The van der Waals surface area contributed by atoms with Crippen LogP contribution >= 0.6 is 0 Å². The highest BCUT2D eigenvalue weighted by Gasteiger charge is 2.72. The molecule has 5 rings (SSSR count). The zero-order valence-corrected chi connectivity index (χ0v) is 19.5. The van der Waals surface area contributed by atoms with Gasteiger partial charge in [0.1, 0.15) is 6.10 Å². The van der Waals surface area contributed by atoms with Gasteiger partial charge in [-0.05, 0) is 93.6 Å². The molecular formula is C27H36O5. The van der Waals surface area contributed by atoms with Gasteiger partial charge in [0.15, 0.2) is 0 Å². The smallest absolute Gasteiger partial charge is 0.338 e. The maximum atomic E-state index is 13.1. The number of ether oxygens (including phenoxy) is 1. The molecule has 1 aromatic rings. The summed E-state index contributed by atoms with van der Waals surface area (Å²) in [7, 11) is 0. The lowest BCUT2D eigenvalue weighted by Crippen LogP contribution is -2.65. The number of hydrogen-bond donors (Lipinski definition) is 2. The molecule has 4 saturated carbocycles. The molecule has 4 fully saturated rings. The average molecular weight is 441 g/mol. The molecule has 1 spiro atoms. The molecule has 2 bridgehead atoms. The van der Waals surface area contributed by atoms with Gasteiger partial charge < -0.3 is 14.9 Å². The summed E-state index contributed by atoms with van der Waals surface area (Å²) in [5.74, 6) is -0.777. The Balaban J connectivity index is 1.57. The fourth-order valence-corrected chi connectivity index (χ4v) is 8.79. The summed E-state index contributed by atoms with van der Waals surface area (Å²) in [5.41, 5.74) is -1.27. The second-order valence-corrected chi connectivity index (χ2v) is 11.9. The van der Waals surface area contributed by atoms with Crippen molar-refractivity contribution >= 4 is 11.9 Å². The van der Waals surface area contributed by atoms with E-state index < -0.39 is 23.1 Å². The largest absolute Gasteiger partial charge is 0.481 e. The summed E-state index contributed by atoms with van der Waals surface area (Å²) in [6.07, 6.45) is 6.35. The first kappa shape index (κ1) is 21.9. The first-order valence-electron chi connectivity index (χ1n) is 12.3. The Bertz CT molecular complexity index is 925. The number of fused-ring (bicyclic) bond motifs is 2. The van der Waals surface area contributed by atoms with E-state index in [2.05, 4.69) is 6.92 Å². The number of aliphatic carboxylic acids is 1. The number of rotatable bonds is 3. The lowest BCUT2D eigenvalue weighted by molar-refractivity contribution is -0.221. The third kappa shape index (κ3) is 2.85. The molecule has 0 amide bonds. The summed E-state index contributed by atoms with van der Waals surface area (Å²) >= 11 is 0. The van der Waals surface area contributed by atoms with Crippen LogP contribution in [-0.4, -0.2) is 33.9 Å². The van der Waals surface area contributed by atoms with Crippen LogP contribution in [0.15, 0.2) is 30.3 Å². The van der Waals surface area contributed by atoms with Gasteiger partial charge in [0, 0.05) is 5.92 Å². The quantitative estimate of drug-likeness (QED) is 0.641. The summed E-state index contributed by atoms with van der Waals surface area (Å²) in [6, 6.07) is 9.01. The van der Waals surface area contributed by atoms with E-state index in [9.17, 15) is 19.8 Å². The normalized spacial score (nSPS) is 47.2. The second-order valence-electron chi connectivity index (χ2n) is 11.9. The summed E-state index contributed by atoms with van der Waals surface area (Å²) in [4.78, 5) is 25.7. The van der Waals surface area contributed by atoms with Crippen LogP contribution in [-0.2, 0) is 9.53 Å². The molecule has 174 valence electrons. The predicted molar refractivity (Wildman–Crippen MR) is 120 cm³/mol. The molecule has 4 aliphatic carbocycles. The van der Waals surface area contributed by atoms with E-state index in [0.717, 1.165) is 38.5 Å². The number of carboxylic acid groups (broad SMARTS) is 1. The van der Waals surface area contributed by atoms with Crippen LogP contribution in [0.2, 0.25) is 0 Å². The van der Waals surface area contributed by atoms with Crippen molar-refractivity contribution in [2.45, 2.75) is 83.8 Å². The van der Waals surface area contributed by atoms with Crippen molar-refractivity contribution in [1.29, 1.82) is 0 Å². The molecule has 2 N–H and O–H groups in total. The van der Waals surface area contributed by atoms with Gasteiger partial charge >= 0.3 is 11.9 Å². The first-order chi connectivity index (χ1) is 15.0. The van der Waals surface area contributed by atoms with Crippen molar-refractivity contribution in [1.82, 2.24) is 0 Å². The van der Waals surface area contributed by atoms with E-state index in [0.29, 0.717) is 24.3 Å². The number of aliphatic hydroxyl groups is 1. The number of benzene rings is 1. The minimum Gasteiger partial charge on any atom is -0.481 e. The number of carboxylic acids is 1. The molecule has 3 unspecified atom stereocenters. The Kier molecular flexibility index (Phi) is 4.84. The second kappa shape index (κ2) is 7.06. The van der Waals surface area contributed by atoms with E-state index in [-0.39, 0.29) is 28.6 Å². The topological polar surface area (TPSA) is 83.8 Å².